The summed E-state index contributed by atoms with van der Waals surface area (Å²) in [6, 6.07) is 21.9. The number of likely N-dealkylation sites (tertiary alicyclic amines) is 2. The summed E-state index contributed by atoms with van der Waals surface area (Å²) in [5.41, 5.74) is 1.65. The quantitative estimate of drug-likeness (QED) is 0.298. The summed E-state index contributed by atoms with van der Waals surface area (Å²) < 4.78 is 17.9. The molecule has 0 bridgehead atoms. The fourth-order valence-electron chi connectivity index (χ4n) is 5.79. The number of rotatable bonds is 9. The van der Waals surface area contributed by atoms with Crippen LogP contribution in [0, 0.1) is 5.92 Å². The first-order chi connectivity index (χ1) is 20.7. The predicted molar refractivity (Wildman–Crippen MR) is 167 cm³/mol. The summed E-state index contributed by atoms with van der Waals surface area (Å²) in [6.45, 7) is 10.6. The van der Waals surface area contributed by atoms with E-state index in [0.717, 1.165) is 44.5 Å². The molecular weight excluding hydrogens is 542 g/mol. The van der Waals surface area contributed by atoms with Crippen molar-refractivity contribution in [1.82, 2.24) is 15.1 Å². The van der Waals surface area contributed by atoms with Crippen molar-refractivity contribution >= 4 is 12.0 Å². The SMILES string of the molecule is CC(C)(C)OC(=O)N1CCC(Oc2ccccc2-c2ccc(C(=O)NCCC3CCN(Cc4ccccc4)CC3)o2)CC1. The second kappa shape index (κ2) is 14.1. The Bertz CT molecular complexity index is 1330. The lowest BCUT2D eigenvalue weighted by Crippen LogP contribution is -2.44. The number of carbonyl (C=O) groups is 2. The second-order valence-corrected chi connectivity index (χ2v) is 12.7. The summed E-state index contributed by atoms with van der Waals surface area (Å²) in [5, 5.41) is 3.05. The summed E-state index contributed by atoms with van der Waals surface area (Å²) in [4.78, 5) is 29.5. The highest BCUT2D eigenvalue weighted by Crippen LogP contribution is 2.33. The van der Waals surface area contributed by atoms with Crippen LogP contribution in [0.1, 0.15) is 69.0 Å². The Labute approximate surface area is 255 Å². The van der Waals surface area contributed by atoms with E-state index < -0.39 is 5.60 Å². The molecule has 0 radical (unpaired) electrons. The topological polar surface area (TPSA) is 84.2 Å². The molecule has 2 amide bonds. The van der Waals surface area contributed by atoms with Gasteiger partial charge in [0.25, 0.3) is 5.91 Å². The molecule has 3 aromatic rings. The lowest BCUT2D eigenvalue weighted by Gasteiger charge is -2.33. The van der Waals surface area contributed by atoms with Crippen molar-refractivity contribution < 1.29 is 23.5 Å². The Morgan fingerprint density at radius 3 is 2.30 bits per heavy atom. The number of benzene rings is 2. The minimum absolute atomic E-state index is 0.0252. The summed E-state index contributed by atoms with van der Waals surface area (Å²) in [5.74, 6) is 2.03. The van der Waals surface area contributed by atoms with Crippen molar-refractivity contribution in [3.8, 4) is 17.1 Å². The maximum absolute atomic E-state index is 12.9. The van der Waals surface area contributed by atoms with E-state index in [1.54, 1.807) is 11.0 Å². The van der Waals surface area contributed by atoms with E-state index in [1.165, 1.54) is 5.56 Å². The van der Waals surface area contributed by atoms with E-state index in [4.69, 9.17) is 13.9 Å². The number of nitrogens with one attached hydrogen (secondary N) is 1. The van der Waals surface area contributed by atoms with Crippen molar-refractivity contribution in [2.24, 2.45) is 5.92 Å². The molecule has 1 aromatic heterocycles. The van der Waals surface area contributed by atoms with E-state index in [-0.39, 0.29) is 18.1 Å². The van der Waals surface area contributed by atoms with Crippen molar-refractivity contribution in [2.45, 2.75) is 71.1 Å². The van der Waals surface area contributed by atoms with Gasteiger partial charge in [-0.15, -0.1) is 0 Å². The molecule has 2 aliphatic heterocycles. The molecule has 3 heterocycles. The third kappa shape index (κ3) is 8.86. The Hall–Kier alpha value is -3.78. The number of hydrogen-bond acceptors (Lipinski definition) is 6. The van der Waals surface area contributed by atoms with Gasteiger partial charge >= 0.3 is 6.09 Å². The van der Waals surface area contributed by atoms with Crippen LogP contribution in [0.5, 0.6) is 5.75 Å². The van der Waals surface area contributed by atoms with E-state index >= 15 is 0 Å². The number of para-hydroxylation sites is 1. The molecular formula is C35H45N3O5. The normalized spacial score (nSPS) is 17.0. The van der Waals surface area contributed by atoms with E-state index in [0.29, 0.717) is 55.7 Å². The van der Waals surface area contributed by atoms with Crippen LogP contribution in [0.2, 0.25) is 0 Å². The average molecular weight is 588 g/mol. The van der Waals surface area contributed by atoms with E-state index in [2.05, 4.69) is 40.5 Å². The zero-order chi connectivity index (χ0) is 30.2. The van der Waals surface area contributed by atoms with Crippen molar-refractivity contribution in [1.29, 1.82) is 0 Å². The Kier molecular flexibility index (Phi) is 10.1. The van der Waals surface area contributed by atoms with Gasteiger partial charge < -0.3 is 24.1 Å². The second-order valence-electron chi connectivity index (χ2n) is 12.7. The van der Waals surface area contributed by atoms with Gasteiger partial charge in [-0.2, -0.15) is 0 Å². The fraction of sp³-hybridized carbons (Fsp3) is 0.486. The highest BCUT2D eigenvalue weighted by atomic mass is 16.6. The van der Waals surface area contributed by atoms with E-state index in [1.807, 2.05) is 51.1 Å². The number of ether oxygens (including phenoxy) is 2. The Morgan fingerprint density at radius 2 is 1.58 bits per heavy atom. The minimum atomic E-state index is -0.511. The molecule has 230 valence electrons. The zero-order valence-electron chi connectivity index (χ0n) is 25.7. The zero-order valence-corrected chi connectivity index (χ0v) is 25.7. The third-order valence-corrected chi connectivity index (χ3v) is 8.16. The fourth-order valence-corrected chi connectivity index (χ4v) is 5.79. The Morgan fingerprint density at radius 1 is 0.884 bits per heavy atom. The molecule has 2 aliphatic rings. The minimum Gasteiger partial charge on any atom is -0.490 e. The number of nitrogens with zero attached hydrogens (tertiary/aromatic N) is 2. The first kappa shape index (κ1) is 30.7. The van der Waals surface area contributed by atoms with Gasteiger partial charge in [-0.05, 0) is 88.9 Å². The lowest BCUT2D eigenvalue weighted by molar-refractivity contribution is 0.0127. The summed E-state index contributed by atoms with van der Waals surface area (Å²) in [6.07, 6.45) is 4.41. The van der Waals surface area contributed by atoms with Crippen LogP contribution in [0.25, 0.3) is 11.3 Å². The molecule has 8 heteroatoms. The Balaban J connectivity index is 1.07. The standard InChI is InChI=1S/C35H45N3O5/c1-35(2,3)43-34(40)38-23-18-28(19-24-38)41-30-12-8-7-11-29(30)31-13-14-32(42-31)33(39)36-20-15-26-16-21-37(22-17-26)25-27-9-5-4-6-10-27/h4-14,26,28H,15-25H2,1-3H3,(H,36,39). The van der Waals surface area contributed by atoms with Gasteiger partial charge in [-0.1, -0.05) is 42.5 Å². The highest BCUT2D eigenvalue weighted by molar-refractivity contribution is 5.92. The van der Waals surface area contributed by atoms with Crippen molar-refractivity contribution in [3.63, 3.8) is 0 Å². The third-order valence-electron chi connectivity index (χ3n) is 8.16. The van der Waals surface area contributed by atoms with Gasteiger partial charge in [0.1, 0.15) is 23.2 Å². The van der Waals surface area contributed by atoms with Crippen LogP contribution in [0.3, 0.4) is 0 Å². The molecule has 0 unspecified atom stereocenters. The van der Waals surface area contributed by atoms with Gasteiger partial charge in [-0.25, -0.2) is 4.79 Å². The van der Waals surface area contributed by atoms with Crippen LogP contribution in [-0.4, -0.2) is 66.2 Å². The predicted octanol–water partition coefficient (Wildman–Crippen LogP) is 6.76. The number of carbonyl (C=O) groups excluding carboxylic acids is 2. The first-order valence-electron chi connectivity index (χ1n) is 15.6. The maximum atomic E-state index is 12.9. The van der Waals surface area contributed by atoms with Crippen LogP contribution in [-0.2, 0) is 11.3 Å². The van der Waals surface area contributed by atoms with E-state index in [9.17, 15) is 9.59 Å². The molecule has 1 N–H and O–H groups in total. The lowest BCUT2D eigenvalue weighted by atomic mass is 9.93. The highest BCUT2D eigenvalue weighted by Gasteiger charge is 2.28. The van der Waals surface area contributed by atoms with Crippen LogP contribution < -0.4 is 10.1 Å². The van der Waals surface area contributed by atoms with Crippen LogP contribution in [0.4, 0.5) is 4.79 Å². The number of hydrogen-bond donors (Lipinski definition) is 1. The van der Waals surface area contributed by atoms with Gasteiger partial charge in [0, 0.05) is 39.0 Å². The molecule has 43 heavy (non-hydrogen) atoms. The van der Waals surface area contributed by atoms with Crippen molar-refractivity contribution in [2.75, 3.05) is 32.7 Å². The molecule has 8 nitrogen and oxygen atoms in total. The maximum Gasteiger partial charge on any atom is 0.410 e. The smallest absolute Gasteiger partial charge is 0.410 e. The van der Waals surface area contributed by atoms with Crippen LogP contribution >= 0.6 is 0 Å². The molecule has 0 aliphatic carbocycles. The number of piperidine rings is 2. The number of amides is 2. The molecule has 2 fully saturated rings. The molecule has 0 atom stereocenters. The summed E-state index contributed by atoms with van der Waals surface area (Å²) >= 11 is 0. The van der Waals surface area contributed by atoms with Gasteiger partial charge in [0.2, 0.25) is 0 Å². The van der Waals surface area contributed by atoms with Crippen LogP contribution in [0.15, 0.2) is 71.1 Å². The monoisotopic (exact) mass is 587 g/mol. The molecule has 2 aromatic carbocycles. The molecule has 2 saturated heterocycles. The first-order valence-corrected chi connectivity index (χ1v) is 15.6. The van der Waals surface area contributed by atoms with Gasteiger partial charge in [-0.3, -0.25) is 9.69 Å². The molecule has 0 saturated carbocycles. The largest absolute Gasteiger partial charge is 0.490 e. The summed E-state index contributed by atoms with van der Waals surface area (Å²) in [7, 11) is 0. The van der Waals surface area contributed by atoms with Crippen molar-refractivity contribution in [3.05, 3.63) is 78.1 Å². The average Bonchev–Trinajstić information content (AvgIpc) is 3.49. The van der Waals surface area contributed by atoms with Gasteiger partial charge in [0.05, 0.1) is 5.56 Å². The number of furan rings is 1. The molecule has 5 rings (SSSR count). The molecule has 0 spiro atoms. The van der Waals surface area contributed by atoms with Gasteiger partial charge in [0.15, 0.2) is 5.76 Å².